The molecular formula is C17H16ClN3. The molecule has 1 heterocycles. The van der Waals surface area contributed by atoms with Crippen molar-refractivity contribution in [3.63, 3.8) is 0 Å². The fraction of sp³-hybridized carbons (Fsp3) is 0.118. The van der Waals surface area contributed by atoms with Gasteiger partial charge < -0.3 is 5.32 Å². The number of aromatic nitrogens is 2. The van der Waals surface area contributed by atoms with E-state index in [-0.39, 0.29) is 6.04 Å². The second-order valence-electron chi connectivity index (χ2n) is 4.80. The lowest BCUT2D eigenvalue weighted by Crippen LogP contribution is -2.17. The molecule has 0 amide bonds. The van der Waals surface area contributed by atoms with E-state index in [1.54, 1.807) is 0 Å². The summed E-state index contributed by atoms with van der Waals surface area (Å²) >= 11 is 6.30. The molecule has 2 aromatic carbocycles. The van der Waals surface area contributed by atoms with Crippen molar-refractivity contribution >= 4 is 11.6 Å². The zero-order chi connectivity index (χ0) is 14.7. The van der Waals surface area contributed by atoms with E-state index in [2.05, 4.69) is 10.4 Å². The maximum absolute atomic E-state index is 6.30. The number of benzene rings is 2. The first-order chi connectivity index (χ1) is 10.3. The highest BCUT2D eigenvalue weighted by Crippen LogP contribution is 2.28. The second-order valence-corrected chi connectivity index (χ2v) is 5.20. The zero-order valence-electron chi connectivity index (χ0n) is 11.7. The van der Waals surface area contributed by atoms with Crippen LogP contribution in [0.15, 0.2) is 67.0 Å². The first-order valence-corrected chi connectivity index (χ1v) is 7.19. The van der Waals surface area contributed by atoms with Gasteiger partial charge in [-0.05, 0) is 30.8 Å². The standard InChI is InChI=1S/C17H16ClN3/c1-19-17(15-9-5-6-10-16(15)18)13-11-20-21(12-13)14-7-3-2-4-8-14/h2-12,17,19H,1H3. The molecule has 0 aliphatic rings. The van der Waals surface area contributed by atoms with E-state index in [1.807, 2.05) is 78.7 Å². The fourth-order valence-electron chi connectivity index (χ4n) is 2.42. The number of nitrogens with one attached hydrogen (secondary N) is 1. The molecule has 3 nitrogen and oxygen atoms in total. The van der Waals surface area contributed by atoms with Gasteiger partial charge >= 0.3 is 0 Å². The third-order valence-corrected chi connectivity index (χ3v) is 3.81. The largest absolute Gasteiger partial charge is 0.309 e. The molecule has 0 bridgehead atoms. The molecule has 0 saturated heterocycles. The highest BCUT2D eigenvalue weighted by molar-refractivity contribution is 6.31. The molecule has 1 aromatic heterocycles. The first-order valence-electron chi connectivity index (χ1n) is 6.81. The minimum atomic E-state index is 0.0242. The van der Waals surface area contributed by atoms with Gasteiger partial charge in [-0.25, -0.2) is 4.68 Å². The van der Waals surface area contributed by atoms with Gasteiger partial charge in [0, 0.05) is 16.8 Å². The Hall–Kier alpha value is -2.10. The molecule has 0 saturated carbocycles. The Kier molecular flexibility index (Phi) is 4.04. The van der Waals surface area contributed by atoms with Crippen LogP contribution in [0, 0.1) is 0 Å². The zero-order valence-corrected chi connectivity index (χ0v) is 12.5. The van der Waals surface area contributed by atoms with E-state index < -0.39 is 0 Å². The average molecular weight is 298 g/mol. The molecule has 0 fully saturated rings. The Morgan fingerprint density at radius 2 is 1.76 bits per heavy atom. The molecule has 4 heteroatoms. The maximum Gasteiger partial charge on any atom is 0.0645 e. The molecule has 0 aliphatic carbocycles. The molecule has 1 unspecified atom stereocenters. The molecule has 1 atom stereocenters. The predicted octanol–water partition coefficient (Wildman–Crippen LogP) is 3.83. The SMILES string of the molecule is CNC(c1cnn(-c2ccccc2)c1)c1ccccc1Cl. The van der Waals surface area contributed by atoms with Gasteiger partial charge in [-0.15, -0.1) is 0 Å². The summed E-state index contributed by atoms with van der Waals surface area (Å²) < 4.78 is 1.87. The Morgan fingerprint density at radius 3 is 2.48 bits per heavy atom. The van der Waals surface area contributed by atoms with Crippen LogP contribution < -0.4 is 5.32 Å². The van der Waals surface area contributed by atoms with Crippen LogP contribution in [0.2, 0.25) is 5.02 Å². The van der Waals surface area contributed by atoms with Crippen molar-refractivity contribution in [2.45, 2.75) is 6.04 Å². The van der Waals surface area contributed by atoms with Gasteiger partial charge in [0.25, 0.3) is 0 Å². The number of hydrogen-bond donors (Lipinski definition) is 1. The van der Waals surface area contributed by atoms with Gasteiger partial charge in [0.15, 0.2) is 0 Å². The summed E-state index contributed by atoms with van der Waals surface area (Å²) in [5.74, 6) is 0. The third-order valence-electron chi connectivity index (χ3n) is 3.46. The van der Waals surface area contributed by atoms with Gasteiger partial charge in [-0.3, -0.25) is 0 Å². The van der Waals surface area contributed by atoms with Crippen molar-refractivity contribution in [1.29, 1.82) is 0 Å². The minimum Gasteiger partial charge on any atom is -0.309 e. The van der Waals surface area contributed by atoms with Crippen molar-refractivity contribution in [3.8, 4) is 5.69 Å². The topological polar surface area (TPSA) is 29.9 Å². The van der Waals surface area contributed by atoms with Crippen LogP contribution in [0.25, 0.3) is 5.69 Å². The third kappa shape index (κ3) is 2.84. The minimum absolute atomic E-state index is 0.0242. The molecule has 3 rings (SSSR count). The predicted molar refractivity (Wildman–Crippen MR) is 85.9 cm³/mol. The van der Waals surface area contributed by atoms with Crippen molar-refractivity contribution in [2.24, 2.45) is 0 Å². The van der Waals surface area contributed by atoms with E-state index in [0.29, 0.717) is 0 Å². The Balaban J connectivity index is 1.96. The number of nitrogens with zero attached hydrogens (tertiary/aromatic N) is 2. The van der Waals surface area contributed by atoms with E-state index in [0.717, 1.165) is 21.8 Å². The lowest BCUT2D eigenvalue weighted by molar-refractivity contribution is 0.691. The molecule has 1 N–H and O–H groups in total. The van der Waals surface area contributed by atoms with Crippen LogP contribution in [0.3, 0.4) is 0 Å². The summed E-state index contributed by atoms with van der Waals surface area (Å²) in [6.45, 7) is 0. The van der Waals surface area contributed by atoms with E-state index in [4.69, 9.17) is 11.6 Å². The molecule has 0 spiro atoms. The van der Waals surface area contributed by atoms with Crippen molar-refractivity contribution < 1.29 is 0 Å². The average Bonchev–Trinajstić information content (AvgIpc) is 3.00. The normalized spacial score (nSPS) is 12.3. The lowest BCUT2D eigenvalue weighted by Gasteiger charge is -2.16. The van der Waals surface area contributed by atoms with Crippen LogP contribution in [-0.4, -0.2) is 16.8 Å². The summed E-state index contributed by atoms with van der Waals surface area (Å²) in [5.41, 5.74) is 3.17. The van der Waals surface area contributed by atoms with Gasteiger partial charge in [0.2, 0.25) is 0 Å². The van der Waals surface area contributed by atoms with Crippen LogP contribution in [0.1, 0.15) is 17.2 Å². The monoisotopic (exact) mass is 297 g/mol. The molecular weight excluding hydrogens is 282 g/mol. The van der Waals surface area contributed by atoms with Crippen LogP contribution >= 0.6 is 11.6 Å². The summed E-state index contributed by atoms with van der Waals surface area (Å²) in [5, 5.41) is 8.50. The van der Waals surface area contributed by atoms with Crippen molar-refractivity contribution in [1.82, 2.24) is 15.1 Å². The number of para-hydroxylation sites is 1. The molecule has 3 aromatic rings. The van der Waals surface area contributed by atoms with Gasteiger partial charge in [0.05, 0.1) is 17.9 Å². The first kappa shape index (κ1) is 13.9. The molecule has 0 radical (unpaired) electrons. The quantitative estimate of drug-likeness (QED) is 0.793. The lowest BCUT2D eigenvalue weighted by atomic mass is 10.0. The van der Waals surface area contributed by atoms with E-state index >= 15 is 0 Å². The highest BCUT2D eigenvalue weighted by Gasteiger charge is 2.16. The van der Waals surface area contributed by atoms with Crippen LogP contribution in [-0.2, 0) is 0 Å². The summed E-state index contributed by atoms with van der Waals surface area (Å²) in [7, 11) is 1.92. The Bertz CT molecular complexity index is 722. The number of halogens is 1. The van der Waals surface area contributed by atoms with Gasteiger partial charge in [-0.2, -0.15) is 5.10 Å². The fourth-order valence-corrected chi connectivity index (χ4v) is 2.66. The van der Waals surface area contributed by atoms with Gasteiger partial charge in [-0.1, -0.05) is 48.0 Å². The molecule has 21 heavy (non-hydrogen) atoms. The second kappa shape index (κ2) is 6.12. The van der Waals surface area contributed by atoms with Crippen molar-refractivity contribution in [3.05, 3.63) is 83.1 Å². The number of rotatable bonds is 4. The summed E-state index contributed by atoms with van der Waals surface area (Å²) in [6.07, 6.45) is 3.90. The molecule has 106 valence electrons. The van der Waals surface area contributed by atoms with Crippen molar-refractivity contribution in [2.75, 3.05) is 7.05 Å². The Morgan fingerprint density at radius 1 is 1.05 bits per heavy atom. The molecule has 0 aliphatic heterocycles. The summed E-state index contributed by atoms with van der Waals surface area (Å²) in [4.78, 5) is 0. The Labute approximate surface area is 129 Å². The number of hydrogen-bond acceptors (Lipinski definition) is 2. The van der Waals surface area contributed by atoms with Crippen LogP contribution in [0.4, 0.5) is 0 Å². The highest BCUT2D eigenvalue weighted by atomic mass is 35.5. The van der Waals surface area contributed by atoms with E-state index in [9.17, 15) is 0 Å². The summed E-state index contributed by atoms with van der Waals surface area (Å²) in [6, 6.07) is 17.9. The van der Waals surface area contributed by atoms with Gasteiger partial charge in [0.1, 0.15) is 0 Å². The van der Waals surface area contributed by atoms with E-state index in [1.165, 1.54) is 0 Å². The smallest absolute Gasteiger partial charge is 0.0645 e. The maximum atomic E-state index is 6.30. The van der Waals surface area contributed by atoms with Crippen LogP contribution in [0.5, 0.6) is 0 Å².